The molecular formula is C11H9FO2. The van der Waals surface area contributed by atoms with Crippen LogP contribution < -0.4 is 0 Å². The highest BCUT2D eigenvalue weighted by Crippen LogP contribution is 2.16. The monoisotopic (exact) mass is 192 g/mol. The van der Waals surface area contributed by atoms with E-state index in [2.05, 4.69) is 0 Å². The molecule has 1 aromatic rings. The van der Waals surface area contributed by atoms with Crippen LogP contribution in [-0.2, 0) is 9.53 Å². The Morgan fingerprint density at radius 2 is 2.07 bits per heavy atom. The third-order valence-electron chi connectivity index (χ3n) is 1.74. The predicted molar refractivity (Wildman–Crippen MR) is 49.7 cm³/mol. The molecule has 0 aromatic heterocycles. The number of carbonyl (C=O) groups is 1. The van der Waals surface area contributed by atoms with Crippen molar-refractivity contribution in [3.8, 4) is 12.3 Å². The second-order valence-corrected chi connectivity index (χ2v) is 2.74. The number of carbonyl (C=O) groups excluding carboxylic acids is 1. The molecule has 0 aliphatic heterocycles. The molecule has 1 rings (SSSR count). The summed E-state index contributed by atoms with van der Waals surface area (Å²) in [5.41, 5.74) is 0.704. The van der Waals surface area contributed by atoms with Gasteiger partial charge < -0.3 is 4.74 Å². The van der Waals surface area contributed by atoms with Crippen LogP contribution in [-0.4, -0.2) is 5.97 Å². The van der Waals surface area contributed by atoms with Crippen LogP contribution in [0.3, 0.4) is 0 Å². The molecule has 0 spiro atoms. The van der Waals surface area contributed by atoms with E-state index in [9.17, 15) is 9.18 Å². The van der Waals surface area contributed by atoms with Crippen molar-refractivity contribution < 1.29 is 13.9 Å². The van der Waals surface area contributed by atoms with E-state index in [0.717, 1.165) is 0 Å². The van der Waals surface area contributed by atoms with Gasteiger partial charge in [0, 0.05) is 5.92 Å². The van der Waals surface area contributed by atoms with Crippen LogP contribution in [0, 0.1) is 18.2 Å². The first-order valence-electron chi connectivity index (χ1n) is 4.06. The summed E-state index contributed by atoms with van der Waals surface area (Å²) in [5.74, 6) is 0.792. The van der Waals surface area contributed by atoms with E-state index in [1.165, 1.54) is 12.1 Å². The van der Waals surface area contributed by atoms with E-state index in [1.807, 2.05) is 5.92 Å². The molecule has 0 saturated carbocycles. The fourth-order valence-electron chi connectivity index (χ4n) is 0.996. The van der Waals surface area contributed by atoms with Gasteiger partial charge in [-0.3, -0.25) is 0 Å². The van der Waals surface area contributed by atoms with Crippen molar-refractivity contribution >= 4 is 5.97 Å². The van der Waals surface area contributed by atoms with Gasteiger partial charge in [-0.05, 0) is 24.6 Å². The average molecular weight is 192 g/mol. The van der Waals surface area contributed by atoms with Crippen molar-refractivity contribution in [1.82, 2.24) is 0 Å². The van der Waals surface area contributed by atoms with Crippen LogP contribution in [0.4, 0.5) is 4.39 Å². The normalized spacial score (nSPS) is 11.5. The van der Waals surface area contributed by atoms with Crippen LogP contribution in [0.15, 0.2) is 24.3 Å². The summed E-state index contributed by atoms with van der Waals surface area (Å²) in [5, 5.41) is 0. The Morgan fingerprint density at radius 1 is 1.50 bits per heavy atom. The van der Waals surface area contributed by atoms with E-state index in [1.54, 1.807) is 19.1 Å². The van der Waals surface area contributed by atoms with Crippen LogP contribution in [0.5, 0.6) is 0 Å². The van der Waals surface area contributed by atoms with Crippen molar-refractivity contribution in [3.05, 3.63) is 35.6 Å². The van der Waals surface area contributed by atoms with Crippen LogP contribution in [0.25, 0.3) is 0 Å². The quantitative estimate of drug-likeness (QED) is 0.407. The third-order valence-corrected chi connectivity index (χ3v) is 1.74. The van der Waals surface area contributed by atoms with E-state index >= 15 is 0 Å². The van der Waals surface area contributed by atoms with Crippen molar-refractivity contribution in [1.29, 1.82) is 0 Å². The Morgan fingerprint density at radius 3 is 2.57 bits per heavy atom. The standard InChI is InChI=1S/C11H9FO2/c1-3-11(13)14-8(2)9-4-6-10(12)7-5-9/h1,4-8H,2H3. The largest absolute Gasteiger partial charge is 0.448 e. The molecule has 14 heavy (non-hydrogen) atoms. The Bertz CT molecular complexity index is 362. The van der Waals surface area contributed by atoms with Gasteiger partial charge in [-0.15, -0.1) is 6.42 Å². The van der Waals surface area contributed by atoms with Gasteiger partial charge in [0.2, 0.25) is 0 Å². The molecule has 3 heteroatoms. The van der Waals surface area contributed by atoms with Crippen molar-refractivity contribution in [2.24, 2.45) is 0 Å². The highest BCUT2D eigenvalue weighted by Gasteiger charge is 2.09. The molecule has 0 heterocycles. The average Bonchev–Trinajstić information content (AvgIpc) is 2.18. The summed E-state index contributed by atoms with van der Waals surface area (Å²) < 4.78 is 17.4. The van der Waals surface area contributed by atoms with Crippen molar-refractivity contribution in [2.75, 3.05) is 0 Å². The second kappa shape index (κ2) is 4.43. The number of esters is 1. The minimum Gasteiger partial charge on any atom is -0.448 e. The second-order valence-electron chi connectivity index (χ2n) is 2.74. The zero-order valence-electron chi connectivity index (χ0n) is 7.66. The first-order chi connectivity index (χ1) is 6.63. The Labute approximate surface area is 81.7 Å². The molecule has 0 saturated heterocycles. The summed E-state index contributed by atoms with van der Waals surface area (Å²) in [6.07, 6.45) is 4.38. The Hall–Kier alpha value is -1.82. The van der Waals surface area contributed by atoms with Gasteiger partial charge in [0.25, 0.3) is 0 Å². The van der Waals surface area contributed by atoms with E-state index in [-0.39, 0.29) is 5.82 Å². The first-order valence-corrected chi connectivity index (χ1v) is 4.06. The number of halogens is 1. The maximum absolute atomic E-state index is 12.5. The summed E-state index contributed by atoms with van der Waals surface area (Å²) in [6, 6.07) is 5.69. The Kier molecular flexibility index (Phi) is 3.24. The minimum absolute atomic E-state index is 0.329. The predicted octanol–water partition coefficient (Wildman–Crippen LogP) is 2.06. The summed E-state index contributed by atoms with van der Waals surface area (Å²) in [7, 11) is 0. The maximum atomic E-state index is 12.5. The number of benzene rings is 1. The van der Waals surface area contributed by atoms with Gasteiger partial charge >= 0.3 is 5.97 Å². The van der Waals surface area contributed by atoms with Gasteiger partial charge in [0.15, 0.2) is 0 Å². The van der Waals surface area contributed by atoms with Crippen LogP contribution in [0.2, 0.25) is 0 Å². The molecule has 1 unspecified atom stereocenters. The van der Waals surface area contributed by atoms with Gasteiger partial charge in [-0.2, -0.15) is 0 Å². The molecule has 2 nitrogen and oxygen atoms in total. The van der Waals surface area contributed by atoms with Crippen molar-refractivity contribution in [3.63, 3.8) is 0 Å². The lowest BCUT2D eigenvalue weighted by Crippen LogP contribution is -2.06. The zero-order valence-corrected chi connectivity index (χ0v) is 7.66. The molecule has 0 bridgehead atoms. The smallest absolute Gasteiger partial charge is 0.384 e. The highest BCUT2D eigenvalue weighted by atomic mass is 19.1. The number of hydrogen-bond acceptors (Lipinski definition) is 2. The van der Waals surface area contributed by atoms with E-state index < -0.39 is 12.1 Å². The highest BCUT2D eigenvalue weighted by molar-refractivity contribution is 5.87. The van der Waals surface area contributed by atoms with Gasteiger partial charge in [0.05, 0.1) is 0 Å². The molecule has 0 N–H and O–H groups in total. The third kappa shape index (κ3) is 2.60. The van der Waals surface area contributed by atoms with Gasteiger partial charge in [-0.1, -0.05) is 12.1 Å². The summed E-state index contributed by atoms with van der Waals surface area (Å²) in [4.78, 5) is 10.7. The summed E-state index contributed by atoms with van der Waals surface area (Å²) in [6.45, 7) is 1.67. The molecule has 72 valence electrons. The van der Waals surface area contributed by atoms with E-state index in [4.69, 9.17) is 11.2 Å². The lowest BCUT2D eigenvalue weighted by Gasteiger charge is -2.10. The fraction of sp³-hybridized carbons (Fsp3) is 0.182. The SMILES string of the molecule is C#CC(=O)OC(C)c1ccc(F)cc1. The number of rotatable bonds is 2. The molecule has 1 aromatic carbocycles. The number of hydrogen-bond donors (Lipinski definition) is 0. The Balaban J connectivity index is 2.71. The molecule has 0 fully saturated rings. The molecule has 1 atom stereocenters. The fourth-order valence-corrected chi connectivity index (χ4v) is 0.996. The van der Waals surface area contributed by atoms with Crippen molar-refractivity contribution in [2.45, 2.75) is 13.0 Å². The molecular weight excluding hydrogens is 183 g/mol. The van der Waals surface area contributed by atoms with Crippen LogP contribution >= 0.6 is 0 Å². The topological polar surface area (TPSA) is 26.3 Å². The van der Waals surface area contributed by atoms with Gasteiger partial charge in [-0.25, -0.2) is 9.18 Å². The molecule has 0 radical (unpaired) electrons. The first kappa shape index (κ1) is 10.3. The lowest BCUT2D eigenvalue weighted by atomic mass is 10.1. The van der Waals surface area contributed by atoms with E-state index in [0.29, 0.717) is 5.56 Å². The number of ether oxygens (including phenoxy) is 1. The number of terminal acetylenes is 1. The minimum atomic E-state index is -0.721. The lowest BCUT2D eigenvalue weighted by molar-refractivity contribution is -0.141. The van der Waals surface area contributed by atoms with Gasteiger partial charge in [0.1, 0.15) is 11.9 Å². The van der Waals surface area contributed by atoms with Crippen LogP contribution in [0.1, 0.15) is 18.6 Å². The molecule has 0 amide bonds. The maximum Gasteiger partial charge on any atom is 0.384 e. The molecule has 0 aliphatic rings. The zero-order chi connectivity index (χ0) is 10.6. The molecule has 0 aliphatic carbocycles. The summed E-state index contributed by atoms with van der Waals surface area (Å²) >= 11 is 0.